The summed E-state index contributed by atoms with van der Waals surface area (Å²) in [5.41, 5.74) is 1.02. The molecule has 0 spiro atoms. The first-order valence-electron chi connectivity index (χ1n) is 9.37. The van der Waals surface area contributed by atoms with Gasteiger partial charge in [0.05, 0.1) is 5.75 Å². The van der Waals surface area contributed by atoms with Gasteiger partial charge in [0.1, 0.15) is 28.0 Å². The molecule has 1 aliphatic rings. The molecule has 1 aromatic carbocycles. The lowest BCUT2D eigenvalue weighted by molar-refractivity contribution is -0.113. The second kappa shape index (κ2) is 9.35. The molecule has 0 aliphatic carbocycles. The largest absolute Gasteiger partial charge is 0.368 e. The highest BCUT2D eigenvalue weighted by Gasteiger charge is 2.19. The molecule has 3 aromatic rings. The van der Waals surface area contributed by atoms with E-state index in [1.54, 1.807) is 12.1 Å². The van der Waals surface area contributed by atoms with Gasteiger partial charge in [0, 0.05) is 37.9 Å². The van der Waals surface area contributed by atoms with Gasteiger partial charge >= 0.3 is 0 Å². The molecule has 156 valence electrons. The predicted molar refractivity (Wildman–Crippen MR) is 117 cm³/mol. The summed E-state index contributed by atoms with van der Waals surface area (Å²) in [6.07, 6.45) is 1.52. The molecule has 0 unspecified atom stereocenters. The summed E-state index contributed by atoms with van der Waals surface area (Å²) in [5, 5.41) is 12.6. The fourth-order valence-corrected chi connectivity index (χ4v) is 4.34. The first kappa shape index (κ1) is 20.5. The molecule has 0 bridgehead atoms. The van der Waals surface area contributed by atoms with Gasteiger partial charge in [0.15, 0.2) is 0 Å². The summed E-state index contributed by atoms with van der Waals surface area (Å²) < 4.78 is 13.1. The van der Waals surface area contributed by atoms with Crippen molar-refractivity contribution in [3.63, 3.8) is 0 Å². The van der Waals surface area contributed by atoms with Crippen LogP contribution in [0.25, 0.3) is 0 Å². The monoisotopic (exact) mass is 445 g/mol. The first-order chi connectivity index (χ1) is 14.6. The van der Waals surface area contributed by atoms with E-state index in [1.165, 1.54) is 41.6 Å². The maximum absolute atomic E-state index is 13.1. The van der Waals surface area contributed by atoms with E-state index < -0.39 is 0 Å². The number of hydrogen-bond donors (Lipinski definition) is 1. The zero-order valence-corrected chi connectivity index (χ0v) is 17.9. The van der Waals surface area contributed by atoms with Gasteiger partial charge in [-0.15, -0.1) is 10.2 Å². The average molecular weight is 446 g/mol. The lowest BCUT2D eigenvalue weighted by Gasteiger charge is -2.36. The number of anilines is 3. The Labute approximate surface area is 181 Å². The minimum absolute atomic E-state index is 0.149. The van der Waals surface area contributed by atoms with Crippen LogP contribution in [0.5, 0.6) is 0 Å². The Balaban J connectivity index is 1.30. The quantitative estimate of drug-likeness (QED) is 0.458. The van der Waals surface area contributed by atoms with Crippen molar-refractivity contribution in [1.82, 2.24) is 20.2 Å². The van der Waals surface area contributed by atoms with Gasteiger partial charge in [-0.1, -0.05) is 23.1 Å². The maximum Gasteiger partial charge on any atom is 0.236 e. The second-order valence-corrected chi connectivity index (χ2v) is 8.81. The van der Waals surface area contributed by atoms with Crippen molar-refractivity contribution in [3.05, 3.63) is 47.5 Å². The van der Waals surface area contributed by atoms with Crippen molar-refractivity contribution in [2.45, 2.75) is 11.9 Å². The number of benzene rings is 1. The topological polar surface area (TPSA) is 87.1 Å². The molecule has 1 amide bonds. The van der Waals surface area contributed by atoms with E-state index >= 15 is 0 Å². The minimum Gasteiger partial charge on any atom is -0.368 e. The number of nitrogens with one attached hydrogen (secondary N) is 1. The molecular formula is C19H20FN7OS2. The summed E-state index contributed by atoms with van der Waals surface area (Å²) in [7, 11) is 0. The van der Waals surface area contributed by atoms with Crippen LogP contribution in [0, 0.1) is 12.7 Å². The third kappa shape index (κ3) is 5.22. The lowest BCUT2D eigenvalue weighted by Crippen LogP contribution is -2.46. The van der Waals surface area contributed by atoms with Crippen LogP contribution in [-0.4, -0.2) is 58.0 Å². The molecule has 1 fully saturated rings. The Kier molecular flexibility index (Phi) is 6.38. The Morgan fingerprint density at radius 3 is 2.57 bits per heavy atom. The first-order valence-corrected chi connectivity index (χ1v) is 11.2. The van der Waals surface area contributed by atoms with E-state index in [4.69, 9.17) is 0 Å². The standard InChI is InChI=1S/C19H20FN7OS2/c1-13-24-25-19(30-13)23-17(28)11-29-18-10-16(21-12-22-18)27-8-6-26(7-9-27)15-4-2-14(20)3-5-15/h2-5,10,12H,6-9,11H2,1H3,(H,23,25,28). The Hall–Kier alpha value is -2.79. The zero-order valence-electron chi connectivity index (χ0n) is 16.3. The molecular weight excluding hydrogens is 425 g/mol. The van der Waals surface area contributed by atoms with E-state index in [-0.39, 0.29) is 17.5 Å². The molecule has 11 heteroatoms. The number of carbonyl (C=O) groups excluding carboxylic acids is 1. The fraction of sp³-hybridized carbons (Fsp3) is 0.316. The molecule has 1 saturated heterocycles. The number of aryl methyl sites for hydroxylation is 1. The van der Waals surface area contributed by atoms with E-state index in [1.807, 2.05) is 13.0 Å². The number of halogens is 1. The van der Waals surface area contributed by atoms with Crippen LogP contribution < -0.4 is 15.1 Å². The van der Waals surface area contributed by atoms with E-state index in [9.17, 15) is 9.18 Å². The predicted octanol–water partition coefficient (Wildman–Crippen LogP) is 2.83. The number of piperazine rings is 1. The number of rotatable bonds is 6. The van der Waals surface area contributed by atoms with Crippen LogP contribution in [0.4, 0.5) is 21.0 Å². The van der Waals surface area contributed by atoms with Crippen LogP contribution in [0.2, 0.25) is 0 Å². The van der Waals surface area contributed by atoms with Crippen molar-refractivity contribution >= 4 is 45.6 Å². The Morgan fingerprint density at radius 2 is 1.87 bits per heavy atom. The molecule has 3 heterocycles. The van der Waals surface area contributed by atoms with Crippen molar-refractivity contribution in [2.24, 2.45) is 0 Å². The highest BCUT2D eigenvalue weighted by atomic mass is 32.2. The lowest BCUT2D eigenvalue weighted by atomic mass is 10.2. The Morgan fingerprint density at radius 1 is 1.13 bits per heavy atom. The summed E-state index contributed by atoms with van der Waals surface area (Å²) in [6, 6.07) is 8.48. The molecule has 0 atom stereocenters. The maximum atomic E-state index is 13.1. The molecule has 2 aromatic heterocycles. The second-order valence-electron chi connectivity index (χ2n) is 6.63. The van der Waals surface area contributed by atoms with Gasteiger partial charge in [-0.25, -0.2) is 14.4 Å². The van der Waals surface area contributed by atoms with E-state index in [0.29, 0.717) is 5.13 Å². The number of aromatic nitrogens is 4. The average Bonchev–Trinajstić information content (AvgIpc) is 3.17. The zero-order chi connectivity index (χ0) is 20.9. The molecule has 0 saturated carbocycles. The van der Waals surface area contributed by atoms with Crippen molar-refractivity contribution < 1.29 is 9.18 Å². The number of carbonyl (C=O) groups is 1. The molecule has 8 nitrogen and oxygen atoms in total. The van der Waals surface area contributed by atoms with Gasteiger partial charge in [0.25, 0.3) is 0 Å². The van der Waals surface area contributed by atoms with Gasteiger partial charge in [0.2, 0.25) is 11.0 Å². The van der Waals surface area contributed by atoms with Crippen LogP contribution >= 0.6 is 23.1 Å². The summed E-state index contributed by atoms with van der Waals surface area (Å²) >= 11 is 2.69. The number of hydrogen-bond acceptors (Lipinski definition) is 9. The molecule has 1 N–H and O–H groups in total. The number of thioether (sulfide) groups is 1. The molecule has 1 aliphatic heterocycles. The highest BCUT2D eigenvalue weighted by Crippen LogP contribution is 2.23. The van der Waals surface area contributed by atoms with E-state index in [0.717, 1.165) is 47.7 Å². The number of amides is 1. The smallest absolute Gasteiger partial charge is 0.236 e. The van der Waals surface area contributed by atoms with Crippen LogP contribution in [0.15, 0.2) is 41.7 Å². The van der Waals surface area contributed by atoms with Crippen LogP contribution in [0.1, 0.15) is 5.01 Å². The number of nitrogens with zero attached hydrogens (tertiary/aromatic N) is 6. The third-order valence-corrected chi connectivity index (χ3v) is 6.23. The van der Waals surface area contributed by atoms with Crippen molar-refractivity contribution in [2.75, 3.05) is 47.0 Å². The Bertz CT molecular complexity index is 1010. The summed E-state index contributed by atoms with van der Waals surface area (Å²) in [6.45, 7) is 5.08. The van der Waals surface area contributed by atoms with E-state index in [2.05, 4.69) is 35.3 Å². The van der Waals surface area contributed by atoms with Gasteiger partial charge < -0.3 is 9.80 Å². The van der Waals surface area contributed by atoms with Crippen LogP contribution in [0.3, 0.4) is 0 Å². The van der Waals surface area contributed by atoms with Gasteiger partial charge in [-0.05, 0) is 31.2 Å². The molecule has 30 heavy (non-hydrogen) atoms. The van der Waals surface area contributed by atoms with Crippen LogP contribution in [-0.2, 0) is 4.79 Å². The fourth-order valence-electron chi connectivity index (χ4n) is 3.07. The third-order valence-electron chi connectivity index (χ3n) is 4.55. The molecule has 4 rings (SSSR count). The molecule has 0 radical (unpaired) electrons. The minimum atomic E-state index is -0.226. The summed E-state index contributed by atoms with van der Waals surface area (Å²) in [5.74, 6) is 0.694. The normalized spacial score (nSPS) is 14.1. The van der Waals surface area contributed by atoms with Crippen molar-refractivity contribution in [1.29, 1.82) is 0 Å². The van der Waals surface area contributed by atoms with Gasteiger partial charge in [-0.2, -0.15) is 0 Å². The highest BCUT2D eigenvalue weighted by molar-refractivity contribution is 7.99. The van der Waals surface area contributed by atoms with Gasteiger partial charge in [-0.3, -0.25) is 10.1 Å². The SMILES string of the molecule is Cc1nnc(NC(=O)CSc2cc(N3CCN(c4ccc(F)cc4)CC3)ncn2)s1. The van der Waals surface area contributed by atoms with Crippen molar-refractivity contribution in [3.8, 4) is 0 Å². The summed E-state index contributed by atoms with van der Waals surface area (Å²) in [4.78, 5) is 25.2.